The predicted octanol–water partition coefficient (Wildman–Crippen LogP) is 5.39. The maximum Gasteiger partial charge on any atom is 0.213 e. The van der Waals surface area contributed by atoms with E-state index in [2.05, 4.69) is 61.6 Å². The number of H-pyrrole nitrogens is 1. The van der Waals surface area contributed by atoms with Crippen LogP contribution in [0.15, 0.2) is 36.8 Å². The van der Waals surface area contributed by atoms with Crippen molar-refractivity contribution in [3.63, 3.8) is 0 Å². The van der Waals surface area contributed by atoms with Gasteiger partial charge in [0.25, 0.3) is 0 Å². The molecule has 1 aliphatic heterocycles. The number of pyridine rings is 2. The molecule has 188 valence electrons. The molecule has 6 heterocycles. The molecule has 0 aromatic carbocycles. The van der Waals surface area contributed by atoms with E-state index < -0.39 is 0 Å². The average Bonchev–Trinajstić information content (AvgIpc) is 3.65. The lowest BCUT2D eigenvalue weighted by atomic mass is 9.91. The lowest BCUT2D eigenvalue weighted by Gasteiger charge is -2.22. The summed E-state index contributed by atoms with van der Waals surface area (Å²) in [7, 11) is 1.92. The Labute approximate surface area is 213 Å². The van der Waals surface area contributed by atoms with Crippen LogP contribution in [-0.2, 0) is 17.2 Å². The largest absolute Gasteiger partial charge is 0.454 e. The molecule has 0 bridgehead atoms. The molecule has 5 aromatic rings. The van der Waals surface area contributed by atoms with Crippen LogP contribution in [0.3, 0.4) is 0 Å². The molecule has 11 heteroatoms. The fourth-order valence-electron chi connectivity index (χ4n) is 4.60. The molecule has 37 heavy (non-hydrogen) atoms. The van der Waals surface area contributed by atoms with Crippen LogP contribution in [0, 0.1) is 6.57 Å². The Kier molecular flexibility index (Phi) is 5.35. The van der Waals surface area contributed by atoms with E-state index in [-0.39, 0.29) is 11.5 Å². The van der Waals surface area contributed by atoms with Gasteiger partial charge in [-0.25, -0.2) is 14.8 Å². The number of aromatic nitrogens is 7. The summed E-state index contributed by atoms with van der Waals surface area (Å²) in [4.78, 5) is 20.0. The summed E-state index contributed by atoms with van der Waals surface area (Å²) in [6.07, 6.45) is 5.84. The monoisotopic (exact) mass is 497 g/mol. The van der Waals surface area contributed by atoms with Gasteiger partial charge in [-0.1, -0.05) is 20.8 Å². The second-order valence-corrected chi connectivity index (χ2v) is 10.2. The van der Waals surface area contributed by atoms with Crippen molar-refractivity contribution in [3.05, 3.63) is 53.9 Å². The number of imidazole rings is 1. The van der Waals surface area contributed by atoms with Crippen molar-refractivity contribution >= 4 is 39.7 Å². The molecule has 0 amide bonds. The van der Waals surface area contributed by atoms with E-state index in [1.165, 1.54) is 0 Å². The summed E-state index contributed by atoms with van der Waals surface area (Å²) in [5.74, 6) is 2.43. The van der Waals surface area contributed by atoms with Crippen LogP contribution in [0.1, 0.15) is 38.9 Å². The maximum absolute atomic E-state index is 7.32. The molecule has 1 fully saturated rings. The Morgan fingerprint density at radius 2 is 2.00 bits per heavy atom. The molecule has 1 aliphatic rings. The number of ether oxygens (including phenoxy) is 2. The van der Waals surface area contributed by atoms with Crippen molar-refractivity contribution < 1.29 is 9.47 Å². The molecule has 1 atom stereocenters. The van der Waals surface area contributed by atoms with Crippen molar-refractivity contribution in [2.24, 2.45) is 7.05 Å². The summed E-state index contributed by atoms with van der Waals surface area (Å²) in [6.45, 7) is 15.3. The molecule has 0 unspecified atom stereocenters. The number of aromatic amines is 1. The van der Waals surface area contributed by atoms with E-state index in [4.69, 9.17) is 21.1 Å². The first kappa shape index (κ1) is 23.0. The summed E-state index contributed by atoms with van der Waals surface area (Å²) < 4.78 is 15.7. The minimum Gasteiger partial charge on any atom is -0.454 e. The van der Waals surface area contributed by atoms with Gasteiger partial charge in [0.15, 0.2) is 11.5 Å². The van der Waals surface area contributed by atoms with Crippen molar-refractivity contribution in [2.45, 2.75) is 38.6 Å². The molecule has 0 radical (unpaired) electrons. The number of anilines is 2. The van der Waals surface area contributed by atoms with Crippen molar-refractivity contribution in [1.29, 1.82) is 0 Å². The standard InChI is InChI=1S/C26H27N9O2/c1-26(2,3)21-10-22(33-35(21)15-6-7-36-14-15)31-25-32-24-20(34(25)5)9-17(12-29-24)37-16-8-18-19(27-4)13-30-23(18)28-11-16/h8-13,15H,6-7,14H2,1-3,5H3,(H,28,30)(H,29,31,32,33)/t15-/m0/s1. The molecule has 0 aliphatic carbocycles. The van der Waals surface area contributed by atoms with Crippen molar-refractivity contribution in [1.82, 2.24) is 34.3 Å². The number of hydrogen-bond acceptors (Lipinski definition) is 7. The van der Waals surface area contributed by atoms with Crippen molar-refractivity contribution in [3.8, 4) is 11.5 Å². The van der Waals surface area contributed by atoms with Gasteiger partial charge in [0, 0.05) is 48.5 Å². The van der Waals surface area contributed by atoms with E-state index in [1.807, 2.05) is 17.7 Å². The minimum absolute atomic E-state index is 0.0660. The smallest absolute Gasteiger partial charge is 0.213 e. The number of nitrogens with zero attached hydrogens (tertiary/aromatic N) is 7. The van der Waals surface area contributed by atoms with Gasteiger partial charge in [-0.3, -0.25) is 4.68 Å². The van der Waals surface area contributed by atoms with Gasteiger partial charge < -0.3 is 24.3 Å². The van der Waals surface area contributed by atoms with Crippen LogP contribution in [-0.4, -0.2) is 47.5 Å². The Balaban J connectivity index is 1.29. The zero-order chi connectivity index (χ0) is 25.7. The molecular formula is C26H27N9O2. The highest BCUT2D eigenvalue weighted by molar-refractivity contribution is 5.91. The molecule has 0 saturated carbocycles. The third-order valence-electron chi connectivity index (χ3n) is 6.55. The van der Waals surface area contributed by atoms with E-state index in [0.717, 1.165) is 30.1 Å². The molecule has 2 N–H and O–H groups in total. The van der Waals surface area contributed by atoms with Crippen LogP contribution < -0.4 is 10.1 Å². The van der Waals surface area contributed by atoms with Gasteiger partial charge in [-0.15, -0.1) is 0 Å². The Morgan fingerprint density at radius 3 is 2.76 bits per heavy atom. The highest BCUT2D eigenvalue weighted by Gasteiger charge is 2.28. The SMILES string of the molecule is [C-]#[N+]c1c[nH]c2ncc(Oc3cnc4nc(Nc5cc(C(C)(C)C)n([C@H]6CCOC6)n5)n(C)c4c3)cc12. The van der Waals surface area contributed by atoms with Crippen molar-refractivity contribution in [2.75, 3.05) is 18.5 Å². The highest BCUT2D eigenvalue weighted by Crippen LogP contribution is 2.33. The molecule has 0 spiro atoms. The normalized spacial score (nSPS) is 15.9. The van der Waals surface area contributed by atoms with E-state index in [1.54, 1.807) is 24.7 Å². The number of hydrogen-bond donors (Lipinski definition) is 2. The van der Waals surface area contributed by atoms with E-state index in [9.17, 15) is 0 Å². The van der Waals surface area contributed by atoms with Crippen LogP contribution >= 0.6 is 0 Å². The third-order valence-corrected chi connectivity index (χ3v) is 6.55. The van der Waals surface area contributed by atoms with Gasteiger partial charge in [0.05, 0.1) is 37.1 Å². The quantitative estimate of drug-likeness (QED) is 0.313. The minimum atomic E-state index is -0.0660. The second kappa shape index (κ2) is 8.60. The summed E-state index contributed by atoms with van der Waals surface area (Å²) in [5.41, 5.74) is 3.62. The molecule has 6 rings (SSSR count). The Hall–Kier alpha value is -4.43. The van der Waals surface area contributed by atoms with Crippen LogP contribution in [0.25, 0.3) is 27.0 Å². The summed E-state index contributed by atoms with van der Waals surface area (Å²) in [6, 6.07) is 6.00. The van der Waals surface area contributed by atoms with Gasteiger partial charge in [-0.2, -0.15) is 10.1 Å². The first-order chi connectivity index (χ1) is 17.8. The molecular weight excluding hydrogens is 470 g/mol. The van der Waals surface area contributed by atoms with Crippen LogP contribution in [0.2, 0.25) is 0 Å². The fraction of sp³-hybridized carbons (Fsp3) is 0.346. The zero-order valence-corrected chi connectivity index (χ0v) is 21.1. The fourth-order valence-corrected chi connectivity index (χ4v) is 4.60. The van der Waals surface area contributed by atoms with Gasteiger partial charge in [0.1, 0.15) is 17.1 Å². The van der Waals surface area contributed by atoms with Gasteiger partial charge >= 0.3 is 0 Å². The van der Waals surface area contributed by atoms with E-state index in [0.29, 0.717) is 46.4 Å². The van der Waals surface area contributed by atoms with Gasteiger partial charge in [0.2, 0.25) is 11.6 Å². The lowest BCUT2D eigenvalue weighted by Crippen LogP contribution is -2.22. The number of nitrogens with one attached hydrogen (secondary N) is 2. The Morgan fingerprint density at radius 1 is 1.19 bits per heavy atom. The molecule has 1 saturated heterocycles. The first-order valence-corrected chi connectivity index (χ1v) is 12.1. The topological polar surface area (TPSA) is 112 Å². The van der Waals surface area contributed by atoms with Gasteiger partial charge in [-0.05, 0) is 12.5 Å². The first-order valence-electron chi connectivity index (χ1n) is 12.1. The number of aryl methyl sites for hydroxylation is 1. The highest BCUT2D eigenvalue weighted by atomic mass is 16.5. The number of rotatable bonds is 5. The second-order valence-electron chi connectivity index (χ2n) is 10.2. The maximum atomic E-state index is 7.32. The zero-order valence-electron chi connectivity index (χ0n) is 21.1. The Bertz CT molecular complexity index is 1660. The summed E-state index contributed by atoms with van der Waals surface area (Å²) >= 11 is 0. The predicted molar refractivity (Wildman–Crippen MR) is 140 cm³/mol. The van der Waals surface area contributed by atoms with Crippen LogP contribution in [0.5, 0.6) is 11.5 Å². The van der Waals surface area contributed by atoms with E-state index >= 15 is 0 Å². The summed E-state index contributed by atoms with van der Waals surface area (Å²) in [5, 5.41) is 8.96. The average molecular weight is 498 g/mol. The molecule has 11 nitrogen and oxygen atoms in total. The third kappa shape index (κ3) is 4.15. The molecule has 5 aromatic heterocycles. The van der Waals surface area contributed by atoms with Crippen LogP contribution in [0.4, 0.5) is 17.5 Å². The lowest BCUT2D eigenvalue weighted by molar-refractivity contribution is 0.183. The number of fused-ring (bicyclic) bond motifs is 2.